The number of aryl methyl sites for hydroxylation is 1. The second kappa shape index (κ2) is 5.33. The zero-order valence-corrected chi connectivity index (χ0v) is 11.3. The highest BCUT2D eigenvalue weighted by molar-refractivity contribution is 5.91. The van der Waals surface area contributed by atoms with E-state index in [1.54, 1.807) is 6.07 Å². The number of piperidine rings is 1. The highest BCUT2D eigenvalue weighted by atomic mass is 35.5. The average molecular weight is 271 g/mol. The van der Waals surface area contributed by atoms with Crippen LogP contribution in [0.5, 0.6) is 0 Å². The van der Waals surface area contributed by atoms with E-state index in [-0.39, 0.29) is 18.3 Å². The van der Waals surface area contributed by atoms with Crippen LogP contribution in [0.25, 0.3) is 0 Å². The summed E-state index contributed by atoms with van der Waals surface area (Å²) in [5.74, 6) is 1.12. The normalized spacial score (nSPS) is 29.7. The lowest BCUT2D eigenvalue weighted by molar-refractivity contribution is 0.0894. The van der Waals surface area contributed by atoms with Gasteiger partial charge in [0.25, 0.3) is 5.91 Å². The van der Waals surface area contributed by atoms with Crippen molar-refractivity contribution in [3.05, 3.63) is 23.7 Å². The van der Waals surface area contributed by atoms with Gasteiger partial charge in [0.1, 0.15) is 5.76 Å². The minimum absolute atomic E-state index is 0. The molecule has 1 aromatic heterocycles. The summed E-state index contributed by atoms with van der Waals surface area (Å²) in [5, 5.41) is 6.64. The molecule has 0 spiro atoms. The Morgan fingerprint density at radius 3 is 2.56 bits per heavy atom. The summed E-state index contributed by atoms with van der Waals surface area (Å²) >= 11 is 0. The number of hydrogen-bond donors (Lipinski definition) is 2. The van der Waals surface area contributed by atoms with Crippen LogP contribution in [0.1, 0.15) is 42.0 Å². The van der Waals surface area contributed by atoms with Crippen LogP contribution in [0.4, 0.5) is 0 Å². The lowest BCUT2D eigenvalue weighted by Crippen LogP contribution is -2.47. The van der Waals surface area contributed by atoms with Crippen LogP contribution in [0.2, 0.25) is 0 Å². The monoisotopic (exact) mass is 270 g/mol. The Morgan fingerprint density at radius 1 is 1.33 bits per heavy atom. The van der Waals surface area contributed by atoms with Crippen molar-refractivity contribution < 1.29 is 9.21 Å². The van der Waals surface area contributed by atoms with Gasteiger partial charge < -0.3 is 15.1 Å². The third-order valence-corrected chi connectivity index (χ3v) is 3.77. The number of hydrogen-bond acceptors (Lipinski definition) is 3. The number of rotatable bonds is 2. The van der Waals surface area contributed by atoms with Gasteiger partial charge in [0, 0.05) is 18.1 Å². The van der Waals surface area contributed by atoms with E-state index in [2.05, 4.69) is 10.6 Å². The first-order chi connectivity index (χ1) is 8.20. The van der Waals surface area contributed by atoms with Gasteiger partial charge in [-0.3, -0.25) is 4.79 Å². The highest BCUT2D eigenvalue weighted by Gasteiger charge is 2.34. The smallest absolute Gasteiger partial charge is 0.287 e. The maximum Gasteiger partial charge on any atom is 0.287 e. The molecule has 1 amide bonds. The van der Waals surface area contributed by atoms with Crippen molar-refractivity contribution >= 4 is 18.3 Å². The van der Waals surface area contributed by atoms with Crippen molar-refractivity contribution in [1.82, 2.24) is 10.6 Å². The second-order valence-corrected chi connectivity index (χ2v) is 5.19. The molecule has 2 atom stereocenters. The molecular formula is C13H19ClN2O2. The second-order valence-electron chi connectivity index (χ2n) is 5.19. The van der Waals surface area contributed by atoms with Crippen LogP contribution in [0, 0.1) is 6.92 Å². The van der Waals surface area contributed by atoms with Gasteiger partial charge in [-0.1, -0.05) is 0 Å². The van der Waals surface area contributed by atoms with Crippen LogP contribution in [-0.2, 0) is 0 Å². The number of carbonyl (C=O) groups is 1. The molecular weight excluding hydrogens is 252 g/mol. The topological polar surface area (TPSA) is 54.3 Å². The van der Waals surface area contributed by atoms with E-state index >= 15 is 0 Å². The molecule has 18 heavy (non-hydrogen) atoms. The zero-order valence-electron chi connectivity index (χ0n) is 10.4. The molecule has 4 nitrogen and oxygen atoms in total. The lowest BCUT2D eigenvalue weighted by Gasteiger charge is -2.29. The summed E-state index contributed by atoms with van der Waals surface area (Å²) in [5.41, 5.74) is 0. The first-order valence-corrected chi connectivity index (χ1v) is 6.34. The predicted molar refractivity (Wildman–Crippen MR) is 71.1 cm³/mol. The Morgan fingerprint density at radius 2 is 2.00 bits per heavy atom. The first-order valence-electron chi connectivity index (χ1n) is 6.34. The molecule has 0 saturated carbocycles. The van der Waals surface area contributed by atoms with Gasteiger partial charge in [-0.2, -0.15) is 0 Å². The van der Waals surface area contributed by atoms with E-state index in [1.165, 1.54) is 12.8 Å². The van der Waals surface area contributed by atoms with Crippen LogP contribution < -0.4 is 10.6 Å². The molecule has 0 aliphatic carbocycles. The predicted octanol–water partition coefficient (Wildman–Crippen LogP) is 2.02. The number of nitrogens with one attached hydrogen (secondary N) is 2. The Kier molecular flexibility index (Phi) is 3.97. The summed E-state index contributed by atoms with van der Waals surface area (Å²) in [7, 11) is 0. The molecule has 2 aliphatic heterocycles. The molecule has 0 aromatic carbocycles. The largest absolute Gasteiger partial charge is 0.456 e. The van der Waals surface area contributed by atoms with E-state index < -0.39 is 0 Å². The molecule has 2 N–H and O–H groups in total. The van der Waals surface area contributed by atoms with Crippen molar-refractivity contribution in [3.63, 3.8) is 0 Å². The maximum atomic E-state index is 11.9. The zero-order chi connectivity index (χ0) is 11.8. The van der Waals surface area contributed by atoms with Gasteiger partial charge in [-0.15, -0.1) is 12.4 Å². The number of halogens is 1. The Hall–Kier alpha value is -1.00. The third-order valence-electron chi connectivity index (χ3n) is 3.77. The molecule has 5 heteroatoms. The number of carbonyl (C=O) groups excluding carboxylic acids is 1. The molecule has 2 saturated heterocycles. The molecule has 3 heterocycles. The lowest BCUT2D eigenvalue weighted by atomic mass is 10.00. The molecule has 2 fully saturated rings. The minimum Gasteiger partial charge on any atom is -0.456 e. The van der Waals surface area contributed by atoms with E-state index in [9.17, 15) is 4.79 Å². The first kappa shape index (κ1) is 13.4. The molecule has 2 bridgehead atoms. The third kappa shape index (κ3) is 2.70. The molecule has 2 unspecified atom stereocenters. The van der Waals surface area contributed by atoms with Crippen LogP contribution in [0.15, 0.2) is 16.5 Å². The van der Waals surface area contributed by atoms with Gasteiger partial charge in [0.15, 0.2) is 5.76 Å². The fraction of sp³-hybridized carbons (Fsp3) is 0.615. The Labute approximate surface area is 113 Å². The molecule has 100 valence electrons. The standard InChI is InChI=1S/C13H18N2O2.ClH/c1-8-2-5-12(17-8)13(16)15-11-6-9-3-4-10(7-11)14-9;/h2,5,9-11,14H,3-4,6-7H2,1H3,(H,15,16);1H. The summed E-state index contributed by atoms with van der Waals surface area (Å²) in [6.45, 7) is 1.85. The summed E-state index contributed by atoms with van der Waals surface area (Å²) in [4.78, 5) is 11.9. The van der Waals surface area contributed by atoms with Crippen molar-refractivity contribution in [2.24, 2.45) is 0 Å². The van der Waals surface area contributed by atoms with Gasteiger partial charge in [-0.05, 0) is 44.7 Å². The van der Waals surface area contributed by atoms with Crippen molar-refractivity contribution in [2.45, 2.75) is 50.7 Å². The van der Waals surface area contributed by atoms with Gasteiger partial charge in [0.2, 0.25) is 0 Å². The van der Waals surface area contributed by atoms with Gasteiger partial charge >= 0.3 is 0 Å². The summed E-state index contributed by atoms with van der Waals surface area (Å²) < 4.78 is 5.33. The van der Waals surface area contributed by atoms with Gasteiger partial charge in [0.05, 0.1) is 0 Å². The number of amides is 1. The quantitative estimate of drug-likeness (QED) is 0.865. The van der Waals surface area contributed by atoms with Crippen LogP contribution in [0.3, 0.4) is 0 Å². The average Bonchev–Trinajstić information content (AvgIpc) is 2.85. The highest BCUT2D eigenvalue weighted by Crippen LogP contribution is 2.26. The van der Waals surface area contributed by atoms with E-state index in [0.717, 1.165) is 18.6 Å². The Balaban J connectivity index is 0.00000120. The number of furan rings is 1. The molecule has 0 radical (unpaired) electrons. The van der Waals surface area contributed by atoms with Gasteiger partial charge in [-0.25, -0.2) is 0 Å². The Bertz CT molecular complexity index is 420. The number of fused-ring (bicyclic) bond motifs is 2. The van der Waals surface area contributed by atoms with E-state index in [1.807, 2.05) is 13.0 Å². The molecule has 1 aromatic rings. The fourth-order valence-electron chi connectivity index (χ4n) is 2.99. The maximum absolute atomic E-state index is 11.9. The fourth-order valence-corrected chi connectivity index (χ4v) is 2.99. The SMILES string of the molecule is Cc1ccc(C(=O)NC2CC3CCC(C2)N3)o1.Cl. The molecule has 3 rings (SSSR count). The minimum atomic E-state index is -0.0793. The summed E-state index contributed by atoms with van der Waals surface area (Å²) in [6, 6.07) is 5.04. The van der Waals surface area contributed by atoms with Crippen molar-refractivity contribution in [2.75, 3.05) is 0 Å². The van der Waals surface area contributed by atoms with Crippen molar-refractivity contribution in [3.8, 4) is 0 Å². The van der Waals surface area contributed by atoms with Crippen molar-refractivity contribution in [1.29, 1.82) is 0 Å². The van der Waals surface area contributed by atoms with E-state index in [4.69, 9.17) is 4.42 Å². The van der Waals surface area contributed by atoms with E-state index in [0.29, 0.717) is 23.9 Å². The van der Waals surface area contributed by atoms with Crippen LogP contribution in [-0.4, -0.2) is 24.0 Å². The molecule has 2 aliphatic rings. The van der Waals surface area contributed by atoms with Crippen LogP contribution >= 0.6 is 12.4 Å². The summed E-state index contributed by atoms with van der Waals surface area (Å²) in [6.07, 6.45) is 4.58.